The van der Waals surface area contributed by atoms with Crippen LogP contribution in [0.3, 0.4) is 0 Å². The number of hydrogen-bond acceptors (Lipinski definition) is 5. The van der Waals surface area contributed by atoms with Crippen molar-refractivity contribution >= 4 is 12.3 Å². The number of alkyl halides is 2. The van der Waals surface area contributed by atoms with Gasteiger partial charge >= 0.3 is 12.6 Å². The van der Waals surface area contributed by atoms with Crippen LogP contribution < -0.4 is 9.47 Å². The van der Waals surface area contributed by atoms with Gasteiger partial charge in [-0.1, -0.05) is 25.7 Å². The van der Waals surface area contributed by atoms with Gasteiger partial charge in [0.1, 0.15) is 6.29 Å². The van der Waals surface area contributed by atoms with Crippen LogP contribution >= 0.6 is 0 Å². The molecule has 0 saturated heterocycles. The highest BCUT2D eigenvalue weighted by molar-refractivity contribution is 5.76. The summed E-state index contributed by atoms with van der Waals surface area (Å²) in [7, 11) is 1.38. The van der Waals surface area contributed by atoms with Crippen molar-refractivity contribution in [3.63, 3.8) is 0 Å². The van der Waals surface area contributed by atoms with E-state index in [4.69, 9.17) is 4.74 Å². The highest BCUT2D eigenvalue weighted by atomic mass is 19.3. The third-order valence-corrected chi connectivity index (χ3v) is 3.58. The topological polar surface area (TPSA) is 61.8 Å². The number of methoxy groups -OCH3 is 1. The van der Waals surface area contributed by atoms with Crippen molar-refractivity contribution < 1.29 is 32.6 Å². The molecule has 0 bridgehead atoms. The van der Waals surface area contributed by atoms with E-state index in [0.29, 0.717) is 24.9 Å². The molecule has 0 spiro atoms. The smallest absolute Gasteiger partial charge is 0.387 e. The number of unbranched alkanes of at least 4 members (excludes halogenated alkanes) is 5. The summed E-state index contributed by atoms with van der Waals surface area (Å²) in [5, 5.41) is 0. The van der Waals surface area contributed by atoms with Gasteiger partial charge in [0.15, 0.2) is 11.5 Å². The number of esters is 1. The minimum Gasteiger partial charge on any atom is -0.490 e. The molecule has 1 rings (SSSR count). The molecule has 7 heteroatoms. The van der Waals surface area contributed by atoms with Gasteiger partial charge in [-0.05, 0) is 31.0 Å². The molecule has 0 aliphatic carbocycles. The van der Waals surface area contributed by atoms with Crippen LogP contribution in [0.4, 0.5) is 8.78 Å². The lowest BCUT2D eigenvalue weighted by Gasteiger charge is -2.12. The minimum absolute atomic E-state index is 0.0802. The Morgan fingerprint density at radius 1 is 1.08 bits per heavy atom. The fraction of sp³-hybridized carbons (Fsp3) is 0.556. The molecule has 0 saturated carbocycles. The Morgan fingerprint density at radius 3 is 2.40 bits per heavy atom. The van der Waals surface area contributed by atoms with Crippen molar-refractivity contribution in [2.24, 2.45) is 0 Å². The maximum absolute atomic E-state index is 12.4. The SMILES string of the molecule is COC(=O)CCCCCCCCOc1cc(C=O)ccc1OC(F)F. The molecule has 25 heavy (non-hydrogen) atoms. The molecule has 0 heterocycles. The summed E-state index contributed by atoms with van der Waals surface area (Å²) >= 11 is 0. The van der Waals surface area contributed by atoms with Gasteiger partial charge in [-0.2, -0.15) is 8.78 Å². The molecule has 0 aromatic heterocycles. The lowest BCUT2D eigenvalue weighted by atomic mass is 10.1. The van der Waals surface area contributed by atoms with Crippen LogP contribution in [0.25, 0.3) is 0 Å². The zero-order valence-corrected chi connectivity index (χ0v) is 14.3. The van der Waals surface area contributed by atoms with E-state index in [1.165, 1.54) is 25.3 Å². The van der Waals surface area contributed by atoms with Crippen molar-refractivity contribution in [2.45, 2.75) is 51.6 Å². The van der Waals surface area contributed by atoms with Crippen molar-refractivity contribution in [1.82, 2.24) is 0 Å². The fourth-order valence-corrected chi connectivity index (χ4v) is 2.27. The number of halogens is 2. The van der Waals surface area contributed by atoms with Gasteiger partial charge in [0.25, 0.3) is 0 Å². The Bertz CT molecular complexity index is 534. The Kier molecular flexibility index (Phi) is 10.2. The predicted molar refractivity (Wildman–Crippen MR) is 88.3 cm³/mol. The van der Waals surface area contributed by atoms with E-state index in [1.807, 2.05) is 0 Å². The van der Waals surface area contributed by atoms with Crippen molar-refractivity contribution in [3.05, 3.63) is 23.8 Å². The molecule has 0 aliphatic rings. The number of rotatable bonds is 13. The van der Waals surface area contributed by atoms with E-state index in [1.54, 1.807) is 0 Å². The average Bonchev–Trinajstić information content (AvgIpc) is 2.60. The lowest BCUT2D eigenvalue weighted by molar-refractivity contribution is -0.140. The summed E-state index contributed by atoms with van der Waals surface area (Å²) in [6.45, 7) is -2.60. The van der Waals surface area contributed by atoms with Gasteiger partial charge in [0.05, 0.1) is 13.7 Å². The lowest BCUT2D eigenvalue weighted by Crippen LogP contribution is -2.06. The first-order valence-electron chi connectivity index (χ1n) is 8.30. The van der Waals surface area contributed by atoms with E-state index in [9.17, 15) is 18.4 Å². The number of aldehydes is 1. The molecular weight excluding hydrogens is 334 g/mol. The van der Waals surface area contributed by atoms with Gasteiger partial charge in [0, 0.05) is 12.0 Å². The summed E-state index contributed by atoms with van der Waals surface area (Å²) in [6, 6.07) is 4.08. The first-order valence-corrected chi connectivity index (χ1v) is 8.30. The standard InChI is InChI=1S/C18H24F2O5/c1-23-17(22)8-6-4-2-3-5-7-11-24-16-12-14(13-21)9-10-15(16)25-18(19)20/h9-10,12-13,18H,2-8,11H2,1H3. The van der Waals surface area contributed by atoms with Gasteiger partial charge in [0.2, 0.25) is 0 Å². The maximum atomic E-state index is 12.4. The van der Waals surface area contributed by atoms with Crippen molar-refractivity contribution in [3.8, 4) is 11.5 Å². The number of ether oxygens (including phenoxy) is 3. The highest BCUT2D eigenvalue weighted by Crippen LogP contribution is 2.29. The fourth-order valence-electron chi connectivity index (χ4n) is 2.27. The van der Waals surface area contributed by atoms with Gasteiger partial charge < -0.3 is 14.2 Å². The molecule has 0 fully saturated rings. The molecule has 0 amide bonds. The zero-order chi connectivity index (χ0) is 18.5. The van der Waals surface area contributed by atoms with Crippen molar-refractivity contribution in [1.29, 1.82) is 0 Å². The molecule has 1 aromatic rings. The molecule has 140 valence electrons. The Balaban J connectivity index is 2.24. The van der Waals surface area contributed by atoms with Crippen LogP contribution in [0.2, 0.25) is 0 Å². The summed E-state index contributed by atoms with van der Waals surface area (Å²) in [4.78, 5) is 21.7. The van der Waals surface area contributed by atoms with Crippen molar-refractivity contribution in [2.75, 3.05) is 13.7 Å². The van der Waals surface area contributed by atoms with E-state index >= 15 is 0 Å². The third kappa shape index (κ3) is 9.02. The largest absolute Gasteiger partial charge is 0.490 e. The molecule has 0 aliphatic heterocycles. The summed E-state index contributed by atoms with van der Waals surface area (Å²) in [5.74, 6) is -0.126. The van der Waals surface area contributed by atoms with Crippen LogP contribution in [-0.4, -0.2) is 32.6 Å². The summed E-state index contributed by atoms with van der Waals surface area (Å²) in [6.07, 6.45) is 6.54. The molecule has 0 radical (unpaired) electrons. The minimum atomic E-state index is -2.95. The van der Waals surface area contributed by atoms with E-state index in [2.05, 4.69) is 9.47 Å². The summed E-state index contributed by atoms with van der Waals surface area (Å²) in [5.41, 5.74) is 0.335. The van der Waals surface area contributed by atoms with Gasteiger partial charge in [-0.3, -0.25) is 9.59 Å². The third-order valence-electron chi connectivity index (χ3n) is 3.58. The normalized spacial score (nSPS) is 10.6. The second-order valence-corrected chi connectivity index (χ2v) is 5.50. The van der Waals surface area contributed by atoms with Gasteiger partial charge in [-0.25, -0.2) is 0 Å². The Morgan fingerprint density at radius 2 is 1.76 bits per heavy atom. The quantitative estimate of drug-likeness (QED) is 0.297. The Labute approximate surface area is 146 Å². The van der Waals surface area contributed by atoms with E-state index in [0.717, 1.165) is 38.5 Å². The molecule has 5 nitrogen and oxygen atoms in total. The number of benzene rings is 1. The second kappa shape index (κ2) is 12.2. The van der Waals surface area contributed by atoms with Crippen LogP contribution in [0.5, 0.6) is 11.5 Å². The van der Waals surface area contributed by atoms with Gasteiger partial charge in [-0.15, -0.1) is 0 Å². The predicted octanol–water partition coefficient (Wildman–Crippen LogP) is 4.38. The number of carbonyl (C=O) groups is 2. The van der Waals surface area contributed by atoms with E-state index in [-0.39, 0.29) is 17.5 Å². The number of carbonyl (C=O) groups excluding carboxylic acids is 2. The van der Waals surface area contributed by atoms with Crippen LogP contribution in [0.15, 0.2) is 18.2 Å². The first-order chi connectivity index (χ1) is 12.1. The van der Waals surface area contributed by atoms with Crippen LogP contribution in [0, 0.1) is 0 Å². The molecule has 0 unspecified atom stereocenters. The van der Waals surface area contributed by atoms with Crippen LogP contribution in [0.1, 0.15) is 55.3 Å². The van der Waals surface area contributed by atoms with Crippen LogP contribution in [-0.2, 0) is 9.53 Å². The summed E-state index contributed by atoms with van der Waals surface area (Å²) < 4.78 is 39.2. The zero-order valence-electron chi connectivity index (χ0n) is 14.3. The molecular formula is C18H24F2O5. The molecule has 0 N–H and O–H groups in total. The second-order valence-electron chi connectivity index (χ2n) is 5.50. The highest BCUT2D eigenvalue weighted by Gasteiger charge is 2.11. The first kappa shape index (κ1) is 20.9. The number of hydrogen-bond donors (Lipinski definition) is 0. The molecule has 1 aromatic carbocycles. The Hall–Kier alpha value is -2.18. The average molecular weight is 358 g/mol. The maximum Gasteiger partial charge on any atom is 0.387 e. The van der Waals surface area contributed by atoms with E-state index < -0.39 is 6.61 Å². The monoisotopic (exact) mass is 358 g/mol. The molecule has 0 atom stereocenters.